The molecule has 212 valence electrons. The van der Waals surface area contributed by atoms with E-state index in [-0.39, 0.29) is 24.1 Å². The Morgan fingerprint density at radius 3 is 2.36 bits per heavy atom. The van der Waals surface area contributed by atoms with Crippen LogP contribution in [0.3, 0.4) is 0 Å². The molecule has 2 aromatic rings. The van der Waals surface area contributed by atoms with Gasteiger partial charge in [-0.25, -0.2) is 9.78 Å². The predicted molar refractivity (Wildman–Crippen MR) is 137 cm³/mol. The van der Waals surface area contributed by atoms with E-state index in [1.807, 2.05) is 19.1 Å². The molecule has 4 rings (SSSR count). The van der Waals surface area contributed by atoms with Crippen molar-refractivity contribution in [1.82, 2.24) is 9.97 Å². The molecule has 4 N–H and O–H groups in total. The molecule has 1 fully saturated rings. The quantitative estimate of drug-likeness (QED) is 0.356. The van der Waals surface area contributed by atoms with Gasteiger partial charge in [-0.05, 0) is 43.9 Å². The zero-order valence-corrected chi connectivity index (χ0v) is 22.2. The summed E-state index contributed by atoms with van der Waals surface area (Å²) in [5.74, 6) is -1.01. The lowest BCUT2D eigenvalue weighted by atomic mass is 9.74. The molecule has 0 bridgehead atoms. The molecule has 1 saturated carbocycles. The van der Waals surface area contributed by atoms with Crippen molar-refractivity contribution in [2.45, 2.75) is 56.8 Å². The Bertz CT molecular complexity index is 1220. The Morgan fingerprint density at radius 1 is 1.05 bits per heavy atom. The van der Waals surface area contributed by atoms with Crippen LogP contribution in [-0.2, 0) is 9.59 Å². The summed E-state index contributed by atoms with van der Waals surface area (Å²) in [6.07, 6.45) is 1.02. The van der Waals surface area contributed by atoms with E-state index in [4.69, 9.17) is 39.3 Å². The second kappa shape index (κ2) is 13.2. The van der Waals surface area contributed by atoms with E-state index in [1.54, 1.807) is 20.4 Å². The fourth-order valence-corrected chi connectivity index (χ4v) is 4.61. The maximum Gasteiger partial charge on any atom is 0.333 e. The van der Waals surface area contributed by atoms with Crippen LogP contribution in [0.4, 0.5) is 0 Å². The summed E-state index contributed by atoms with van der Waals surface area (Å²) in [6, 6.07) is 4.26. The van der Waals surface area contributed by atoms with Crippen molar-refractivity contribution in [1.29, 1.82) is 0 Å². The van der Waals surface area contributed by atoms with Crippen LogP contribution in [0, 0.1) is 0 Å². The number of benzene rings is 1. The van der Waals surface area contributed by atoms with Gasteiger partial charge in [-0.3, -0.25) is 9.79 Å². The Kier molecular flexibility index (Phi) is 10.0. The number of hydrogen-bond acceptors (Lipinski definition) is 11. The number of carboxylic acids is 2. The minimum Gasteiger partial charge on any atom is -0.493 e. The summed E-state index contributed by atoms with van der Waals surface area (Å²) >= 11 is 0. The van der Waals surface area contributed by atoms with Crippen molar-refractivity contribution in [3.63, 3.8) is 0 Å². The molecule has 1 aliphatic heterocycles. The lowest BCUT2D eigenvalue weighted by molar-refractivity contribution is -0.152. The molecule has 2 heterocycles. The van der Waals surface area contributed by atoms with Gasteiger partial charge in [0.05, 0.1) is 57.8 Å². The molecule has 1 aromatic heterocycles. The third-order valence-corrected chi connectivity index (χ3v) is 6.39. The smallest absolute Gasteiger partial charge is 0.333 e. The Balaban J connectivity index is 0.000000403. The monoisotopic (exact) mass is 547 g/mol. The van der Waals surface area contributed by atoms with E-state index in [9.17, 15) is 14.7 Å². The van der Waals surface area contributed by atoms with Crippen molar-refractivity contribution < 1.29 is 49.0 Å². The number of fused-ring (bicyclic) bond motifs is 3. The van der Waals surface area contributed by atoms with E-state index in [0.29, 0.717) is 36.0 Å². The van der Waals surface area contributed by atoms with Crippen LogP contribution in [0.1, 0.15) is 55.2 Å². The number of hydrogen-bond donors (Lipinski definition) is 4. The van der Waals surface area contributed by atoms with Crippen LogP contribution in [0.15, 0.2) is 23.3 Å². The van der Waals surface area contributed by atoms with Crippen LogP contribution < -0.4 is 18.9 Å². The largest absolute Gasteiger partial charge is 0.493 e. The number of aliphatic imine (C=N–C) groups is 1. The number of aliphatic hydroxyl groups excluding tert-OH is 2. The van der Waals surface area contributed by atoms with Gasteiger partial charge in [0, 0.05) is 17.7 Å². The van der Waals surface area contributed by atoms with Gasteiger partial charge in [0.1, 0.15) is 0 Å². The number of carboxylic acid groups (broad SMARTS) is 2. The van der Waals surface area contributed by atoms with Crippen LogP contribution in [0.5, 0.6) is 23.4 Å². The lowest BCUT2D eigenvalue weighted by Crippen LogP contribution is -2.34. The molecule has 0 radical (unpaired) electrons. The molecule has 2 aliphatic rings. The molecule has 0 spiro atoms. The molecule has 0 unspecified atom stereocenters. The van der Waals surface area contributed by atoms with Gasteiger partial charge in [0.2, 0.25) is 5.88 Å². The second-order valence-corrected chi connectivity index (χ2v) is 8.87. The third-order valence-electron chi connectivity index (χ3n) is 6.39. The lowest BCUT2D eigenvalue weighted by Gasteiger charge is -2.37. The van der Waals surface area contributed by atoms with E-state index >= 15 is 0 Å². The molecule has 13 nitrogen and oxygen atoms in total. The van der Waals surface area contributed by atoms with Gasteiger partial charge >= 0.3 is 17.9 Å². The van der Waals surface area contributed by atoms with Crippen molar-refractivity contribution in [2.75, 3.05) is 27.9 Å². The van der Waals surface area contributed by atoms with Crippen molar-refractivity contribution in [3.05, 3.63) is 35.0 Å². The summed E-state index contributed by atoms with van der Waals surface area (Å²) in [7, 11) is 4.70. The second-order valence-electron chi connectivity index (χ2n) is 8.87. The van der Waals surface area contributed by atoms with Gasteiger partial charge in [-0.2, -0.15) is 4.98 Å². The fraction of sp³-hybridized carbons (Fsp3) is 0.500. The fourth-order valence-electron chi connectivity index (χ4n) is 4.61. The number of carbonyl (C=O) groups is 2. The summed E-state index contributed by atoms with van der Waals surface area (Å²) in [6.45, 7) is 2.48. The van der Waals surface area contributed by atoms with Crippen LogP contribution in [0.2, 0.25) is 0 Å². The van der Waals surface area contributed by atoms with E-state index in [0.717, 1.165) is 29.7 Å². The van der Waals surface area contributed by atoms with E-state index in [1.165, 1.54) is 7.11 Å². The molecular weight excluding hydrogens is 514 g/mol. The average molecular weight is 548 g/mol. The SMILES string of the molecule is CCOc1cc2c(cc1OC)C(c1cnc(OC)nc1OC)=N[C@@H]1CC[C@@H](O)C[C@H]21.O=C(O)C[C@H](O)C(=O)O. The number of aliphatic hydroxyl groups is 2. The van der Waals surface area contributed by atoms with Crippen LogP contribution in [-0.4, -0.2) is 94.2 Å². The van der Waals surface area contributed by atoms with Crippen molar-refractivity contribution in [2.24, 2.45) is 4.99 Å². The molecule has 0 saturated heterocycles. The maximum atomic E-state index is 10.3. The van der Waals surface area contributed by atoms with Gasteiger partial charge in [0.25, 0.3) is 0 Å². The summed E-state index contributed by atoms with van der Waals surface area (Å²) < 4.78 is 22.1. The molecular formula is C26H33N3O10. The molecule has 4 atom stereocenters. The Morgan fingerprint density at radius 2 is 1.79 bits per heavy atom. The first-order valence-electron chi connectivity index (χ1n) is 12.3. The normalized spacial score (nSPS) is 20.2. The Hall–Kier alpha value is -3.97. The van der Waals surface area contributed by atoms with Crippen LogP contribution >= 0.6 is 0 Å². The van der Waals surface area contributed by atoms with Crippen molar-refractivity contribution in [3.8, 4) is 23.4 Å². The number of rotatable bonds is 9. The standard InChI is InChI=1S/C22H27N3O5.C4H6O5/c1-5-30-19-9-13-14-8-12(26)6-7-17(14)24-20(15(13)10-18(19)27-2)16-11-23-22(29-4)25-21(16)28-3;5-2(4(8)9)1-3(6)7/h9-12,14,17,26H,5-8H2,1-4H3;2,5H,1H2,(H,6,7)(H,8,9)/t12-,14-,17-;2-/m10/s1. The van der Waals surface area contributed by atoms with Gasteiger partial charge in [-0.15, -0.1) is 0 Å². The predicted octanol–water partition coefficient (Wildman–Crippen LogP) is 1.66. The average Bonchev–Trinajstić information content (AvgIpc) is 2.92. The molecule has 13 heteroatoms. The number of methoxy groups -OCH3 is 3. The van der Waals surface area contributed by atoms with Gasteiger partial charge in [0.15, 0.2) is 17.6 Å². The highest BCUT2D eigenvalue weighted by Gasteiger charge is 2.38. The highest BCUT2D eigenvalue weighted by Crippen LogP contribution is 2.45. The maximum absolute atomic E-state index is 10.3. The third kappa shape index (κ3) is 6.92. The number of aromatic nitrogens is 2. The first-order chi connectivity index (χ1) is 18.6. The number of aliphatic carboxylic acids is 2. The van der Waals surface area contributed by atoms with E-state index in [2.05, 4.69) is 9.97 Å². The van der Waals surface area contributed by atoms with Gasteiger partial charge in [-0.1, -0.05) is 0 Å². The molecule has 1 aromatic carbocycles. The first-order valence-corrected chi connectivity index (χ1v) is 12.3. The Labute approximate surface area is 225 Å². The minimum absolute atomic E-state index is 0.0607. The molecule has 39 heavy (non-hydrogen) atoms. The van der Waals surface area contributed by atoms with Gasteiger partial charge < -0.3 is 39.4 Å². The summed E-state index contributed by atoms with van der Waals surface area (Å²) in [5, 5.41) is 34.5. The van der Waals surface area contributed by atoms with Crippen LogP contribution in [0.25, 0.3) is 0 Å². The van der Waals surface area contributed by atoms with E-state index < -0.39 is 24.5 Å². The highest BCUT2D eigenvalue weighted by atomic mass is 16.5. The highest BCUT2D eigenvalue weighted by molar-refractivity contribution is 6.16. The molecule has 0 amide bonds. The van der Waals surface area contributed by atoms with Crippen molar-refractivity contribution >= 4 is 17.7 Å². The summed E-state index contributed by atoms with van der Waals surface area (Å²) in [4.78, 5) is 33.1. The summed E-state index contributed by atoms with van der Waals surface area (Å²) in [5.41, 5.74) is 3.45. The topological polar surface area (TPSA) is 190 Å². The zero-order valence-electron chi connectivity index (χ0n) is 22.2. The number of ether oxygens (including phenoxy) is 4. The molecule has 1 aliphatic carbocycles. The zero-order chi connectivity index (χ0) is 28.7. The number of nitrogens with zero attached hydrogens (tertiary/aromatic N) is 3. The first kappa shape index (κ1) is 29.6. The minimum atomic E-state index is -1.79.